The topological polar surface area (TPSA) is 66.1 Å². The van der Waals surface area contributed by atoms with Crippen molar-refractivity contribution in [3.05, 3.63) is 96.2 Å². The second-order valence-corrected chi connectivity index (χ2v) is 8.90. The van der Waals surface area contributed by atoms with E-state index in [9.17, 15) is 9.90 Å². The number of aryl methyl sites for hydroxylation is 1. The number of carbonyl (C=O) groups excluding carboxylic acids is 1. The zero-order chi connectivity index (χ0) is 22.1. The Balaban J connectivity index is 1.56. The molecule has 0 amide bonds. The number of rotatable bonds is 5. The van der Waals surface area contributed by atoms with Crippen molar-refractivity contribution in [1.29, 1.82) is 0 Å². The number of benzene rings is 3. The van der Waals surface area contributed by atoms with Gasteiger partial charge < -0.3 is 5.11 Å². The molecule has 1 aliphatic rings. The fraction of sp³-hybridized carbons (Fsp3) is 0.115. The van der Waals surface area contributed by atoms with Crippen molar-refractivity contribution < 1.29 is 14.5 Å². The number of phenolic OH excluding ortho intramolecular Hbond substituents is 1. The number of carbonyl (C=O) groups is 1. The number of anilines is 1. The van der Waals surface area contributed by atoms with Crippen molar-refractivity contribution in [2.45, 2.75) is 29.3 Å². The normalized spacial score (nSPS) is 14.8. The molecule has 6 heteroatoms. The Morgan fingerprint density at radius 2 is 1.81 bits per heavy atom. The number of aromatic hydroxyl groups is 1. The van der Waals surface area contributed by atoms with E-state index >= 15 is 0 Å². The van der Waals surface area contributed by atoms with Crippen molar-refractivity contribution in [2.24, 2.45) is 0 Å². The van der Waals surface area contributed by atoms with E-state index in [1.54, 1.807) is 35.0 Å². The maximum Gasteiger partial charge on any atom is 0.359 e. The monoisotopic (exact) mass is 440 g/mol. The summed E-state index contributed by atoms with van der Waals surface area (Å²) in [5, 5.41) is 13.8. The molecule has 0 aliphatic carbocycles. The second-order valence-electron chi connectivity index (χ2n) is 7.84. The third kappa shape index (κ3) is 4.09. The van der Waals surface area contributed by atoms with Crippen LogP contribution in [0, 0.1) is 6.92 Å². The number of fused-ring (bicyclic) bond motifs is 1. The molecule has 3 aromatic carbocycles. The van der Waals surface area contributed by atoms with Gasteiger partial charge in [-0.05, 0) is 48.9 Å². The third-order valence-electron chi connectivity index (χ3n) is 5.41. The summed E-state index contributed by atoms with van der Waals surface area (Å²) in [6, 6.07) is 24.7. The van der Waals surface area contributed by atoms with Gasteiger partial charge in [-0.15, -0.1) is 0 Å². The Labute approximate surface area is 190 Å². The first-order valence-electron chi connectivity index (χ1n) is 10.4. The van der Waals surface area contributed by atoms with Gasteiger partial charge in [-0.1, -0.05) is 59.8 Å². The highest BCUT2D eigenvalue weighted by atomic mass is 32.2. The van der Waals surface area contributed by atoms with Crippen molar-refractivity contribution >= 4 is 23.5 Å². The molecule has 2 N–H and O–H groups in total. The minimum atomic E-state index is -0.355. The molecule has 1 unspecified atom stereocenters. The maximum atomic E-state index is 13.3. The van der Waals surface area contributed by atoms with E-state index < -0.39 is 0 Å². The van der Waals surface area contributed by atoms with E-state index in [0.717, 1.165) is 21.0 Å². The molecule has 1 aliphatic heterocycles. The van der Waals surface area contributed by atoms with Crippen molar-refractivity contribution in [3.63, 3.8) is 0 Å². The summed E-state index contributed by atoms with van der Waals surface area (Å²) in [4.78, 5) is 19.3. The fourth-order valence-corrected chi connectivity index (χ4v) is 4.81. The van der Waals surface area contributed by atoms with E-state index in [0.29, 0.717) is 17.9 Å². The number of aromatic nitrogens is 2. The zero-order valence-electron chi connectivity index (χ0n) is 17.5. The van der Waals surface area contributed by atoms with Gasteiger partial charge in [0.2, 0.25) is 0 Å². The molecular weight excluding hydrogens is 418 g/mol. The van der Waals surface area contributed by atoms with Gasteiger partial charge in [-0.3, -0.25) is 5.32 Å². The predicted octanol–water partition coefficient (Wildman–Crippen LogP) is 4.88. The Hall–Kier alpha value is -3.64. The van der Waals surface area contributed by atoms with Crippen LogP contribution < -0.4 is 9.88 Å². The van der Waals surface area contributed by atoms with Crippen LogP contribution in [0.1, 0.15) is 15.9 Å². The largest absolute Gasteiger partial charge is 0.508 e. The fourth-order valence-electron chi connectivity index (χ4n) is 3.80. The molecule has 0 bridgehead atoms. The van der Waals surface area contributed by atoms with Crippen LogP contribution in [0.15, 0.2) is 95.0 Å². The van der Waals surface area contributed by atoms with Crippen LogP contribution in [-0.4, -0.2) is 22.0 Å². The lowest BCUT2D eigenvalue weighted by Crippen LogP contribution is -2.43. The van der Waals surface area contributed by atoms with Crippen molar-refractivity contribution in [1.82, 2.24) is 4.98 Å². The minimum Gasteiger partial charge on any atom is -0.508 e. The Kier molecular flexibility index (Phi) is 5.37. The summed E-state index contributed by atoms with van der Waals surface area (Å²) in [7, 11) is 0. The average Bonchev–Trinajstić information content (AvgIpc) is 3.11. The first kappa shape index (κ1) is 20.3. The Morgan fingerprint density at radius 3 is 2.56 bits per heavy atom. The van der Waals surface area contributed by atoms with Crippen molar-refractivity contribution in [2.75, 3.05) is 5.32 Å². The molecule has 0 spiro atoms. The SMILES string of the molecule is Cc1cccc(Sc2nc(-c3ccc(O)cc3)c[n+]3c2NC(Cc2ccccc2)C3=O)c1. The van der Waals surface area contributed by atoms with Gasteiger partial charge in [0, 0.05) is 16.9 Å². The van der Waals surface area contributed by atoms with Gasteiger partial charge in [0.1, 0.15) is 17.6 Å². The quantitative estimate of drug-likeness (QED) is 0.433. The van der Waals surface area contributed by atoms with Crippen molar-refractivity contribution in [3.8, 4) is 17.0 Å². The first-order chi connectivity index (χ1) is 15.6. The number of nitrogens with zero attached hydrogens (tertiary/aromatic N) is 2. The molecule has 158 valence electrons. The Bertz CT molecular complexity index is 1290. The Morgan fingerprint density at radius 1 is 1.03 bits per heavy atom. The lowest BCUT2D eigenvalue weighted by atomic mass is 10.1. The molecule has 0 saturated carbocycles. The first-order valence-corrected chi connectivity index (χ1v) is 11.2. The van der Waals surface area contributed by atoms with E-state index in [4.69, 9.17) is 4.98 Å². The summed E-state index contributed by atoms with van der Waals surface area (Å²) >= 11 is 1.53. The maximum absolute atomic E-state index is 13.3. The predicted molar refractivity (Wildman–Crippen MR) is 125 cm³/mol. The molecule has 4 aromatic rings. The molecule has 5 rings (SSSR count). The highest BCUT2D eigenvalue weighted by Crippen LogP contribution is 2.34. The number of hydrogen-bond donors (Lipinski definition) is 2. The highest BCUT2D eigenvalue weighted by Gasteiger charge is 2.41. The minimum absolute atomic E-state index is 0.00243. The lowest BCUT2D eigenvalue weighted by molar-refractivity contribution is -0.554. The van der Waals surface area contributed by atoms with Crippen LogP contribution in [0.25, 0.3) is 11.3 Å². The number of hydrogen-bond acceptors (Lipinski definition) is 5. The molecule has 0 saturated heterocycles. The zero-order valence-corrected chi connectivity index (χ0v) is 18.3. The second kappa shape index (κ2) is 8.48. The molecule has 0 fully saturated rings. The van der Waals surface area contributed by atoms with Crippen LogP contribution in [-0.2, 0) is 6.42 Å². The molecule has 1 atom stereocenters. The van der Waals surface area contributed by atoms with Crippen LogP contribution in [0.3, 0.4) is 0 Å². The van der Waals surface area contributed by atoms with Crippen LogP contribution in [0.5, 0.6) is 5.75 Å². The summed E-state index contributed by atoms with van der Waals surface area (Å²) in [6.45, 7) is 2.06. The van der Waals surface area contributed by atoms with Gasteiger partial charge in [-0.2, -0.15) is 4.57 Å². The summed E-state index contributed by atoms with van der Waals surface area (Å²) < 4.78 is 1.68. The van der Waals surface area contributed by atoms with E-state index in [1.165, 1.54) is 17.3 Å². The number of nitrogens with one attached hydrogen (secondary N) is 1. The highest BCUT2D eigenvalue weighted by molar-refractivity contribution is 7.99. The smallest absolute Gasteiger partial charge is 0.359 e. The standard InChI is InChI=1S/C26H21N3O2S/c1-17-6-5-9-21(14-17)32-25-24-27-22(15-18-7-3-2-4-8-18)26(31)29(24)16-23(28-25)19-10-12-20(30)13-11-19/h2-14,16,22,30H,15H2,1H3/p+1. The van der Waals surface area contributed by atoms with Gasteiger partial charge in [0.05, 0.1) is 0 Å². The van der Waals surface area contributed by atoms with Crippen LogP contribution in [0.2, 0.25) is 0 Å². The van der Waals surface area contributed by atoms with Gasteiger partial charge in [0.25, 0.3) is 0 Å². The number of phenols is 1. The molecule has 2 heterocycles. The van der Waals surface area contributed by atoms with E-state index in [2.05, 4.69) is 24.4 Å². The molecule has 1 aromatic heterocycles. The van der Waals surface area contributed by atoms with Gasteiger partial charge >= 0.3 is 11.7 Å². The third-order valence-corrected chi connectivity index (χ3v) is 6.38. The molecule has 5 nitrogen and oxygen atoms in total. The molecule has 32 heavy (non-hydrogen) atoms. The van der Waals surface area contributed by atoms with Gasteiger partial charge in [0.15, 0.2) is 11.1 Å². The van der Waals surface area contributed by atoms with E-state index in [1.807, 2.05) is 42.5 Å². The summed E-state index contributed by atoms with van der Waals surface area (Å²) in [6.07, 6.45) is 2.38. The summed E-state index contributed by atoms with van der Waals surface area (Å²) in [5.74, 6) is 0.903. The van der Waals surface area contributed by atoms with E-state index in [-0.39, 0.29) is 17.7 Å². The van der Waals surface area contributed by atoms with Crippen LogP contribution >= 0.6 is 11.8 Å². The lowest BCUT2D eigenvalue weighted by Gasteiger charge is -2.07. The summed E-state index contributed by atoms with van der Waals surface area (Å²) in [5.41, 5.74) is 3.79. The van der Waals surface area contributed by atoms with Crippen LogP contribution in [0.4, 0.5) is 5.82 Å². The average molecular weight is 441 g/mol. The van der Waals surface area contributed by atoms with Gasteiger partial charge in [-0.25, -0.2) is 9.78 Å². The molecular formula is C26H22N3O2S+. The molecule has 0 radical (unpaired) electrons.